The summed E-state index contributed by atoms with van der Waals surface area (Å²) in [5, 5.41) is 8.69. The van der Waals surface area contributed by atoms with E-state index in [1.54, 1.807) is 19.9 Å². The Morgan fingerprint density at radius 3 is 2.44 bits per heavy atom. The fourth-order valence-electron chi connectivity index (χ4n) is 0.775. The van der Waals surface area contributed by atoms with Crippen molar-refractivity contribution in [1.82, 2.24) is 4.90 Å². The number of ether oxygens (including phenoxy) is 2. The summed E-state index contributed by atoms with van der Waals surface area (Å²) in [4.78, 5) is 23.5. The van der Waals surface area contributed by atoms with Gasteiger partial charge in [0.05, 0.1) is 13.2 Å². The lowest BCUT2D eigenvalue weighted by atomic mass is 10.3. The van der Waals surface area contributed by atoms with Crippen molar-refractivity contribution in [2.45, 2.75) is 13.8 Å². The highest BCUT2D eigenvalue weighted by molar-refractivity contribution is 6.04. The molecule has 6 heteroatoms. The number of nitrogens with zero attached hydrogens (tertiary/aromatic N) is 2. The monoisotopic (exact) mass is 226 g/mol. The molecule has 0 N–H and O–H groups in total. The minimum Gasteiger partial charge on any atom is -0.500 e. The van der Waals surface area contributed by atoms with Crippen LogP contribution < -0.4 is 0 Å². The van der Waals surface area contributed by atoms with E-state index in [2.05, 4.69) is 4.74 Å². The predicted molar refractivity (Wildman–Crippen MR) is 55.1 cm³/mol. The zero-order chi connectivity index (χ0) is 12.6. The predicted octanol–water partition coefficient (Wildman–Crippen LogP) is 1.05. The van der Waals surface area contributed by atoms with Gasteiger partial charge in [-0.25, -0.2) is 9.69 Å². The van der Waals surface area contributed by atoms with Crippen LogP contribution in [0.15, 0.2) is 11.8 Å². The van der Waals surface area contributed by atoms with Crippen molar-refractivity contribution in [3.05, 3.63) is 11.8 Å². The fourth-order valence-corrected chi connectivity index (χ4v) is 0.775. The lowest BCUT2D eigenvalue weighted by molar-refractivity contribution is -0.124. The van der Waals surface area contributed by atoms with Crippen molar-refractivity contribution in [3.8, 4) is 6.07 Å². The molecule has 0 aliphatic heterocycles. The van der Waals surface area contributed by atoms with Gasteiger partial charge in [0.15, 0.2) is 5.57 Å². The van der Waals surface area contributed by atoms with Crippen molar-refractivity contribution >= 4 is 12.0 Å². The molecule has 0 saturated carbocycles. The van der Waals surface area contributed by atoms with Crippen LogP contribution in [0.1, 0.15) is 13.8 Å². The third kappa shape index (κ3) is 4.00. The van der Waals surface area contributed by atoms with Crippen LogP contribution in [0.4, 0.5) is 4.79 Å². The average Bonchev–Trinajstić information content (AvgIpc) is 2.29. The Bertz CT molecular complexity index is 330. The number of carbonyl (C=O) groups is 2. The summed E-state index contributed by atoms with van der Waals surface area (Å²) in [6.07, 6.45) is 0.225. The van der Waals surface area contributed by atoms with Gasteiger partial charge in [-0.05, 0) is 13.8 Å². The first kappa shape index (κ1) is 14.0. The van der Waals surface area contributed by atoms with Gasteiger partial charge < -0.3 is 9.47 Å². The highest BCUT2D eigenvalue weighted by atomic mass is 16.6. The van der Waals surface area contributed by atoms with Crippen LogP contribution in [-0.2, 0) is 14.3 Å². The summed E-state index contributed by atoms with van der Waals surface area (Å²) < 4.78 is 9.43. The lowest BCUT2D eigenvalue weighted by Gasteiger charge is -2.13. The van der Waals surface area contributed by atoms with Gasteiger partial charge in [-0.15, -0.1) is 0 Å². The molecule has 6 nitrogen and oxygen atoms in total. The minimum atomic E-state index is -0.801. The van der Waals surface area contributed by atoms with E-state index in [1.165, 1.54) is 7.05 Å². The molecule has 0 aromatic carbocycles. The van der Waals surface area contributed by atoms with E-state index >= 15 is 0 Å². The smallest absolute Gasteiger partial charge is 0.416 e. The van der Waals surface area contributed by atoms with Gasteiger partial charge in [0, 0.05) is 7.05 Å². The topological polar surface area (TPSA) is 79.6 Å². The van der Waals surface area contributed by atoms with Gasteiger partial charge in [-0.2, -0.15) is 5.26 Å². The zero-order valence-electron chi connectivity index (χ0n) is 9.52. The second-order valence-electron chi connectivity index (χ2n) is 2.66. The Kier molecular flexibility index (Phi) is 6.36. The van der Waals surface area contributed by atoms with Crippen molar-refractivity contribution < 1.29 is 19.1 Å². The molecule has 0 aliphatic carbocycles. The summed E-state index contributed by atoms with van der Waals surface area (Å²) in [6, 6.07) is 1.65. The largest absolute Gasteiger partial charge is 0.500 e. The van der Waals surface area contributed by atoms with Crippen molar-refractivity contribution in [2.24, 2.45) is 0 Å². The van der Waals surface area contributed by atoms with Crippen LogP contribution in [0, 0.1) is 11.3 Å². The molecule has 0 unspecified atom stereocenters. The average molecular weight is 226 g/mol. The summed E-state index contributed by atoms with van der Waals surface area (Å²) in [5.41, 5.74) is -0.252. The molecule has 0 atom stereocenters. The molecular weight excluding hydrogens is 212 g/mol. The zero-order valence-corrected chi connectivity index (χ0v) is 9.52. The van der Waals surface area contributed by atoms with Gasteiger partial charge in [0.2, 0.25) is 0 Å². The highest BCUT2D eigenvalue weighted by Crippen LogP contribution is 2.01. The number of rotatable bonds is 4. The van der Waals surface area contributed by atoms with Gasteiger partial charge in [-0.1, -0.05) is 0 Å². The number of hydrogen-bond donors (Lipinski definition) is 0. The van der Waals surface area contributed by atoms with E-state index in [1.807, 2.05) is 0 Å². The molecule has 0 aromatic rings. The number of nitriles is 1. The first-order chi connectivity index (χ1) is 7.58. The second kappa shape index (κ2) is 7.29. The van der Waals surface area contributed by atoms with Gasteiger partial charge >= 0.3 is 6.09 Å². The van der Waals surface area contributed by atoms with Gasteiger partial charge in [-0.3, -0.25) is 4.79 Å². The number of hydrogen-bond acceptors (Lipinski definition) is 5. The maximum absolute atomic E-state index is 11.6. The molecule has 0 bridgehead atoms. The van der Waals surface area contributed by atoms with Crippen LogP contribution in [0.2, 0.25) is 0 Å². The van der Waals surface area contributed by atoms with Crippen LogP contribution in [-0.4, -0.2) is 37.2 Å². The third-order valence-electron chi connectivity index (χ3n) is 1.57. The van der Waals surface area contributed by atoms with Crippen LogP contribution in [0.3, 0.4) is 0 Å². The molecule has 0 fully saturated rings. The summed E-state index contributed by atoms with van der Waals surface area (Å²) in [5.74, 6) is -0.755. The van der Waals surface area contributed by atoms with Crippen LogP contribution >= 0.6 is 0 Å². The number of imide groups is 1. The fraction of sp³-hybridized carbons (Fsp3) is 0.500. The second-order valence-corrected chi connectivity index (χ2v) is 2.66. The summed E-state index contributed by atoms with van der Waals surface area (Å²) >= 11 is 0. The van der Waals surface area contributed by atoms with Crippen molar-refractivity contribution in [2.75, 3.05) is 20.3 Å². The molecule has 0 spiro atoms. The van der Waals surface area contributed by atoms with E-state index in [-0.39, 0.29) is 12.2 Å². The van der Waals surface area contributed by atoms with E-state index in [4.69, 9.17) is 10.00 Å². The van der Waals surface area contributed by atoms with E-state index in [0.29, 0.717) is 6.61 Å². The Morgan fingerprint density at radius 1 is 1.38 bits per heavy atom. The summed E-state index contributed by atoms with van der Waals surface area (Å²) in [6.45, 7) is 3.83. The van der Waals surface area contributed by atoms with Crippen LogP contribution in [0.5, 0.6) is 0 Å². The van der Waals surface area contributed by atoms with Crippen LogP contribution in [0.25, 0.3) is 0 Å². The van der Waals surface area contributed by atoms with Crippen molar-refractivity contribution in [1.29, 1.82) is 5.26 Å². The standard InChI is InChI=1S/C10H14N2O4/c1-4-15-7-8(6-11)9(13)12(3)10(14)16-5-2/h7H,4-5H2,1-3H3/b8-7+. The number of amides is 2. The quantitative estimate of drug-likeness (QED) is 0.406. The third-order valence-corrected chi connectivity index (χ3v) is 1.57. The normalized spacial score (nSPS) is 10.2. The molecule has 0 radical (unpaired) electrons. The molecule has 0 aliphatic rings. The Balaban J connectivity index is 4.64. The molecule has 2 amide bonds. The molecule has 0 rings (SSSR count). The number of likely N-dealkylation sites (N-methyl/N-ethyl adjacent to an activating group) is 1. The molecule has 0 saturated heterocycles. The SMILES string of the molecule is CCO/C=C(\C#N)C(=O)N(C)C(=O)OCC. The van der Waals surface area contributed by atoms with E-state index in [9.17, 15) is 9.59 Å². The molecular formula is C10H14N2O4. The summed E-state index contributed by atoms with van der Waals surface area (Å²) in [7, 11) is 1.23. The molecule has 0 heterocycles. The first-order valence-electron chi connectivity index (χ1n) is 4.75. The Morgan fingerprint density at radius 2 is 2.00 bits per heavy atom. The van der Waals surface area contributed by atoms with E-state index < -0.39 is 12.0 Å². The Hall–Kier alpha value is -2.03. The highest BCUT2D eigenvalue weighted by Gasteiger charge is 2.21. The Labute approximate surface area is 94.0 Å². The van der Waals surface area contributed by atoms with Crippen molar-refractivity contribution in [3.63, 3.8) is 0 Å². The van der Waals surface area contributed by atoms with Gasteiger partial charge in [0.1, 0.15) is 12.3 Å². The minimum absolute atomic E-state index is 0.160. The number of carbonyl (C=O) groups excluding carboxylic acids is 2. The first-order valence-corrected chi connectivity index (χ1v) is 4.75. The van der Waals surface area contributed by atoms with E-state index in [0.717, 1.165) is 11.2 Å². The van der Waals surface area contributed by atoms with Gasteiger partial charge in [0.25, 0.3) is 5.91 Å². The molecule has 88 valence electrons. The lowest BCUT2D eigenvalue weighted by Crippen LogP contribution is -2.34. The molecule has 16 heavy (non-hydrogen) atoms. The maximum Gasteiger partial charge on any atom is 0.416 e. The maximum atomic E-state index is 11.6. The molecule has 0 aromatic heterocycles.